The van der Waals surface area contributed by atoms with Crippen molar-refractivity contribution in [1.29, 1.82) is 0 Å². The fourth-order valence-corrected chi connectivity index (χ4v) is 2.51. The van der Waals surface area contributed by atoms with Gasteiger partial charge in [-0.25, -0.2) is 8.78 Å². The molecule has 0 saturated carbocycles. The molecule has 0 unspecified atom stereocenters. The lowest BCUT2D eigenvalue weighted by molar-refractivity contribution is 0.0538. The maximum atomic E-state index is 13.9. The molecule has 0 spiro atoms. The van der Waals surface area contributed by atoms with E-state index >= 15 is 0 Å². The van der Waals surface area contributed by atoms with Crippen molar-refractivity contribution in [2.24, 2.45) is 0 Å². The molecule has 0 saturated heterocycles. The first kappa shape index (κ1) is 20.1. The summed E-state index contributed by atoms with van der Waals surface area (Å²) in [4.78, 5) is 1.92. The summed E-state index contributed by atoms with van der Waals surface area (Å²) in [5.41, 5.74) is 0.392. The van der Waals surface area contributed by atoms with E-state index in [0.717, 1.165) is 11.8 Å². The van der Waals surface area contributed by atoms with E-state index < -0.39 is 17.7 Å². The third kappa shape index (κ3) is 5.97. The number of hydrogen-bond donors (Lipinski definition) is 1. The van der Waals surface area contributed by atoms with E-state index in [1.54, 1.807) is 31.4 Å². The van der Waals surface area contributed by atoms with Gasteiger partial charge in [0.2, 0.25) is 0 Å². The van der Waals surface area contributed by atoms with Crippen molar-refractivity contribution in [3.05, 3.63) is 59.7 Å². The van der Waals surface area contributed by atoms with Gasteiger partial charge in [0.05, 0.1) is 7.11 Å². The Morgan fingerprint density at radius 1 is 1.04 bits per heavy atom. The Morgan fingerprint density at radius 2 is 1.69 bits per heavy atom. The molecule has 0 heterocycles. The van der Waals surface area contributed by atoms with Gasteiger partial charge in [0, 0.05) is 30.8 Å². The van der Waals surface area contributed by atoms with Crippen LogP contribution in [0, 0.1) is 11.6 Å². The number of benzene rings is 2. The number of aliphatic hydroxyl groups is 1. The summed E-state index contributed by atoms with van der Waals surface area (Å²) in [5.74, 6) is 0.172. The minimum atomic E-state index is -0.747. The summed E-state index contributed by atoms with van der Waals surface area (Å²) in [6.45, 7) is 4.62. The van der Waals surface area contributed by atoms with Crippen LogP contribution in [0.3, 0.4) is 0 Å². The molecule has 2 aromatic carbocycles. The van der Waals surface area contributed by atoms with Gasteiger partial charge in [-0.15, -0.1) is 0 Å². The van der Waals surface area contributed by atoms with Gasteiger partial charge in [-0.1, -0.05) is 6.07 Å². The quantitative estimate of drug-likeness (QED) is 0.737. The van der Waals surface area contributed by atoms with Gasteiger partial charge in [-0.05, 0) is 44.2 Å². The van der Waals surface area contributed by atoms with Crippen LogP contribution in [0.2, 0.25) is 0 Å². The van der Waals surface area contributed by atoms with Crippen molar-refractivity contribution in [3.63, 3.8) is 0 Å². The molecule has 0 aromatic heterocycles. The van der Waals surface area contributed by atoms with E-state index in [4.69, 9.17) is 9.47 Å². The molecule has 0 aliphatic rings. The van der Waals surface area contributed by atoms with Crippen molar-refractivity contribution in [2.45, 2.75) is 32.5 Å². The first-order valence-electron chi connectivity index (χ1n) is 8.52. The van der Waals surface area contributed by atoms with Crippen LogP contribution in [-0.4, -0.2) is 42.4 Å². The molecule has 0 amide bonds. The molecule has 0 aliphatic carbocycles. The van der Waals surface area contributed by atoms with Crippen LogP contribution in [0.5, 0.6) is 11.5 Å². The van der Waals surface area contributed by atoms with Crippen LogP contribution in [0.15, 0.2) is 42.5 Å². The molecule has 0 radical (unpaired) electrons. The number of halogens is 2. The van der Waals surface area contributed by atoms with Crippen LogP contribution in [-0.2, 0) is 6.54 Å². The van der Waals surface area contributed by atoms with Gasteiger partial charge in [0.25, 0.3) is 0 Å². The summed E-state index contributed by atoms with van der Waals surface area (Å²) in [6.07, 6.45) is -0.747. The first-order chi connectivity index (χ1) is 12.4. The van der Waals surface area contributed by atoms with Gasteiger partial charge in [0.1, 0.15) is 35.8 Å². The van der Waals surface area contributed by atoms with Crippen LogP contribution in [0.1, 0.15) is 19.4 Å². The van der Waals surface area contributed by atoms with Crippen LogP contribution >= 0.6 is 0 Å². The molecule has 1 N–H and O–H groups in total. The van der Waals surface area contributed by atoms with Crippen molar-refractivity contribution in [1.82, 2.24) is 4.90 Å². The van der Waals surface area contributed by atoms with Gasteiger partial charge in [0.15, 0.2) is 0 Å². The predicted molar refractivity (Wildman–Crippen MR) is 96.4 cm³/mol. The Bertz CT molecular complexity index is 692. The maximum Gasteiger partial charge on any atom is 0.130 e. The molecule has 4 nitrogen and oxygen atoms in total. The summed E-state index contributed by atoms with van der Waals surface area (Å²) >= 11 is 0. The van der Waals surface area contributed by atoms with E-state index in [-0.39, 0.29) is 19.2 Å². The zero-order valence-corrected chi connectivity index (χ0v) is 15.3. The van der Waals surface area contributed by atoms with Crippen molar-refractivity contribution < 1.29 is 23.4 Å². The Balaban J connectivity index is 1.91. The third-order valence-electron chi connectivity index (χ3n) is 4.07. The van der Waals surface area contributed by atoms with Crippen LogP contribution in [0.25, 0.3) is 0 Å². The molecular formula is C20H25F2NO3. The lowest BCUT2D eigenvalue weighted by Gasteiger charge is -2.29. The van der Waals surface area contributed by atoms with Crippen molar-refractivity contribution >= 4 is 0 Å². The summed E-state index contributed by atoms with van der Waals surface area (Å²) in [7, 11) is 1.59. The van der Waals surface area contributed by atoms with E-state index in [1.165, 1.54) is 12.1 Å². The van der Waals surface area contributed by atoms with Gasteiger partial charge < -0.3 is 14.6 Å². The number of ether oxygens (including phenoxy) is 2. The summed E-state index contributed by atoms with van der Waals surface area (Å²) in [5, 5.41) is 10.3. The molecule has 2 rings (SSSR count). The molecule has 0 fully saturated rings. The standard InChI is InChI=1S/C20H25F2NO3/c1-14(2)23(11-15-4-5-16(21)10-20(15)22)12-17(24)13-26-19-8-6-18(25-3)7-9-19/h4-10,14,17,24H,11-13H2,1-3H3/t17-/m1/s1. The minimum absolute atomic E-state index is 0.0788. The highest BCUT2D eigenvalue weighted by Crippen LogP contribution is 2.18. The normalized spacial score (nSPS) is 12.5. The average Bonchev–Trinajstić information content (AvgIpc) is 2.61. The van der Waals surface area contributed by atoms with Gasteiger partial charge in [-0.3, -0.25) is 4.90 Å². The summed E-state index contributed by atoms with van der Waals surface area (Å²) < 4.78 is 37.6. The van der Waals surface area contributed by atoms with Crippen LogP contribution < -0.4 is 9.47 Å². The topological polar surface area (TPSA) is 41.9 Å². The van der Waals surface area contributed by atoms with Gasteiger partial charge in [-0.2, -0.15) is 0 Å². The van der Waals surface area contributed by atoms with E-state index in [9.17, 15) is 13.9 Å². The maximum absolute atomic E-state index is 13.9. The fourth-order valence-electron chi connectivity index (χ4n) is 2.51. The molecule has 26 heavy (non-hydrogen) atoms. The second-order valence-electron chi connectivity index (χ2n) is 6.40. The monoisotopic (exact) mass is 365 g/mol. The number of aliphatic hydroxyl groups excluding tert-OH is 1. The Labute approximate surface area is 153 Å². The van der Waals surface area contributed by atoms with Gasteiger partial charge >= 0.3 is 0 Å². The average molecular weight is 365 g/mol. The molecular weight excluding hydrogens is 340 g/mol. The lowest BCUT2D eigenvalue weighted by atomic mass is 10.1. The highest BCUT2D eigenvalue weighted by molar-refractivity contribution is 5.31. The van der Waals surface area contributed by atoms with Crippen molar-refractivity contribution in [3.8, 4) is 11.5 Å². The van der Waals surface area contributed by atoms with E-state index in [1.807, 2.05) is 18.7 Å². The smallest absolute Gasteiger partial charge is 0.130 e. The second-order valence-corrected chi connectivity index (χ2v) is 6.40. The molecule has 0 bridgehead atoms. The lowest BCUT2D eigenvalue weighted by Crippen LogP contribution is -2.39. The highest BCUT2D eigenvalue weighted by Gasteiger charge is 2.17. The number of nitrogens with zero attached hydrogens (tertiary/aromatic N) is 1. The zero-order valence-electron chi connectivity index (χ0n) is 15.3. The van der Waals surface area contributed by atoms with Crippen molar-refractivity contribution in [2.75, 3.05) is 20.3 Å². The Morgan fingerprint density at radius 3 is 2.27 bits per heavy atom. The molecule has 0 aliphatic heterocycles. The second kappa shape index (κ2) is 9.50. The molecule has 2 aromatic rings. The predicted octanol–water partition coefficient (Wildman–Crippen LogP) is 3.62. The Hall–Kier alpha value is -2.18. The molecule has 1 atom stereocenters. The number of rotatable bonds is 9. The van der Waals surface area contributed by atoms with E-state index in [0.29, 0.717) is 17.9 Å². The number of hydrogen-bond acceptors (Lipinski definition) is 4. The zero-order chi connectivity index (χ0) is 19.1. The third-order valence-corrected chi connectivity index (χ3v) is 4.07. The van der Waals surface area contributed by atoms with Crippen LogP contribution in [0.4, 0.5) is 8.78 Å². The molecule has 6 heteroatoms. The highest BCUT2D eigenvalue weighted by atomic mass is 19.1. The van der Waals surface area contributed by atoms with E-state index in [2.05, 4.69) is 0 Å². The largest absolute Gasteiger partial charge is 0.497 e. The molecule has 142 valence electrons. The number of methoxy groups -OCH3 is 1. The SMILES string of the molecule is COc1ccc(OC[C@H](O)CN(Cc2ccc(F)cc2F)C(C)C)cc1. The summed E-state index contributed by atoms with van der Waals surface area (Å²) in [6, 6.07) is 10.7. The minimum Gasteiger partial charge on any atom is -0.497 e. The first-order valence-corrected chi connectivity index (χ1v) is 8.52. The Kier molecular flexibility index (Phi) is 7.36. The fraction of sp³-hybridized carbons (Fsp3) is 0.400.